The quantitative estimate of drug-likeness (QED) is 0.449. The number of nitrogens with one attached hydrogen (secondary N) is 1. The van der Waals surface area contributed by atoms with Gasteiger partial charge in [-0.1, -0.05) is 24.3 Å². The molecule has 0 spiro atoms. The lowest BCUT2D eigenvalue weighted by atomic mass is 10.1. The summed E-state index contributed by atoms with van der Waals surface area (Å²) in [5.41, 5.74) is 0.283. The van der Waals surface area contributed by atoms with Crippen LogP contribution in [0, 0.1) is 10.1 Å². The number of rotatable bonds is 5. The number of benzene rings is 2. The molecular weight excluding hydrogens is 386 g/mol. The zero-order valence-electron chi connectivity index (χ0n) is 14.2. The van der Waals surface area contributed by atoms with Crippen LogP contribution in [0.5, 0.6) is 5.75 Å². The SMILES string of the molecule is O=C(CN1C(=O)S/C(=C\c2ccc(O)c([N+](=O)[O-])c2)C1=O)Nc1ccccc1. The van der Waals surface area contributed by atoms with Gasteiger partial charge in [-0.05, 0) is 41.6 Å². The Bertz CT molecular complexity index is 1010. The second-order valence-electron chi connectivity index (χ2n) is 5.69. The zero-order chi connectivity index (χ0) is 20.3. The summed E-state index contributed by atoms with van der Waals surface area (Å²) < 4.78 is 0. The summed E-state index contributed by atoms with van der Waals surface area (Å²) in [4.78, 5) is 47.6. The Kier molecular flexibility index (Phi) is 5.41. The van der Waals surface area contributed by atoms with Gasteiger partial charge in [0.25, 0.3) is 11.1 Å². The van der Waals surface area contributed by atoms with Gasteiger partial charge in [-0.25, -0.2) is 0 Å². The van der Waals surface area contributed by atoms with Crippen LogP contribution in [0.15, 0.2) is 53.4 Å². The predicted octanol–water partition coefficient (Wildman–Crippen LogP) is 2.98. The van der Waals surface area contributed by atoms with Gasteiger partial charge in [0, 0.05) is 11.8 Å². The molecule has 9 nitrogen and oxygen atoms in total. The van der Waals surface area contributed by atoms with Crippen molar-refractivity contribution in [3.05, 3.63) is 69.1 Å². The van der Waals surface area contributed by atoms with Gasteiger partial charge < -0.3 is 10.4 Å². The van der Waals surface area contributed by atoms with E-state index < -0.39 is 40.0 Å². The van der Waals surface area contributed by atoms with Crippen LogP contribution in [0.3, 0.4) is 0 Å². The van der Waals surface area contributed by atoms with Crippen molar-refractivity contribution in [2.24, 2.45) is 0 Å². The van der Waals surface area contributed by atoms with Gasteiger partial charge in [0.05, 0.1) is 9.83 Å². The number of anilines is 1. The van der Waals surface area contributed by atoms with Crippen LogP contribution in [-0.4, -0.2) is 38.5 Å². The summed E-state index contributed by atoms with van der Waals surface area (Å²) in [5, 5.41) is 22.3. The molecule has 0 atom stereocenters. The molecule has 0 aromatic heterocycles. The van der Waals surface area contributed by atoms with E-state index >= 15 is 0 Å². The Morgan fingerprint density at radius 3 is 2.61 bits per heavy atom. The number of hydrogen-bond donors (Lipinski definition) is 2. The summed E-state index contributed by atoms with van der Waals surface area (Å²) >= 11 is 0.630. The van der Waals surface area contributed by atoms with Crippen molar-refractivity contribution in [2.75, 3.05) is 11.9 Å². The number of nitro groups is 1. The lowest BCUT2D eigenvalue weighted by molar-refractivity contribution is -0.385. The number of nitro benzene ring substituents is 1. The maximum Gasteiger partial charge on any atom is 0.311 e. The predicted molar refractivity (Wildman–Crippen MR) is 103 cm³/mol. The van der Waals surface area contributed by atoms with Gasteiger partial charge in [0.1, 0.15) is 6.54 Å². The molecule has 10 heteroatoms. The minimum absolute atomic E-state index is 0.0255. The highest BCUT2D eigenvalue weighted by molar-refractivity contribution is 8.18. The summed E-state index contributed by atoms with van der Waals surface area (Å²) in [7, 11) is 0. The Labute approximate surface area is 162 Å². The maximum atomic E-state index is 12.4. The van der Waals surface area contributed by atoms with Crippen molar-refractivity contribution >= 4 is 46.3 Å². The van der Waals surface area contributed by atoms with E-state index in [4.69, 9.17) is 0 Å². The Morgan fingerprint density at radius 1 is 1.21 bits per heavy atom. The van der Waals surface area contributed by atoms with Gasteiger partial charge in [-0.2, -0.15) is 0 Å². The third-order valence-corrected chi connectivity index (χ3v) is 4.63. The number of amides is 3. The average molecular weight is 399 g/mol. The Balaban J connectivity index is 1.74. The summed E-state index contributed by atoms with van der Waals surface area (Å²) in [6, 6.07) is 12.2. The molecule has 1 aliphatic rings. The lowest BCUT2D eigenvalue weighted by Crippen LogP contribution is -2.36. The van der Waals surface area contributed by atoms with E-state index in [1.807, 2.05) is 0 Å². The fourth-order valence-electron chi connectivity index (χ4n) is 2.43. The number of hydrogen-bond acceptors (Lipinski definition) is 7. The molecule has 0 unspecified atom stereocenters. The fourth-order valence-corrected chi connectivity index (χ4v) is 3.27. The van der Waals surface area contributed by atoms with E-state index in [1.165, 1.54) is 12.1 Å². The number of aromatic hydroxyl groups is 1. The first-order valence-electron chi connectivity index (χ1n) is 7.93. The van der Waals surface area contributed by atoms with Crippen LogP contribution in [0.1, 0.15) is 5.56 Å². The van der Waals surface area contributed by atoms with Crippen molar-refractivity contribution in [1.82, 2.24) is 4.90 Å². The normalized spacial score (nSPS) is 15.1. The summed E-state index contributed by atoms with van der Waals surface area (Å²) in [5.74, 6) is -1.71. The van der Waals surface area contributed by atoms with Crippen LogP contribution >= 0.6 is 11.8 Å². The second kappa shape index (κ2) is 7.92. The van der Waals surface area contributed by atoms with Crippen LogP contribution in [-0.2, 0) is 9.59 Å². The van der Waals surface area contributed by atoms with Gasteiger partial charge in [-0.3, -0.25) is 29.4 Å². The minimum atomic E-state index is -0.758. The molecule has 0 radical (unpaired) electrons. The first-order valence-corrected chi connectivity index (χ1v) is 8.74. The fraction of sp³-hybridized carbons (Fsp3) is 0.0556. The number of carbonyl (C=O) groups excluding carboxylic acids is 3. The zero-order valence-corrected chi connectivity index (χ0v) is 15.0. The van der Waals surface area contributed by atoms with E-state index in [2.05, 4.69) is 5.32 Å². The monoisotopic (exact) mass is 399 g/mol. The molecule has 2 aromatic carbocycles. The minimum Gasteiger partial charge on any atom is -0.502 e. The molecule has 28 heavy (non-hydrogen) atoms. The molecule has 1 saturated heterocycles. The number of carbonyl (C=O) groups is 3. The molecule has 1 aliphatic heterocycles. The van der Waals surface area contributed by atoms with E-state index in [0.717, 1.165) is 17.0 Å². The molecule has 2 N–H and O–H groups in total. The highest BCUT2D eigenvalue weighted by Gasteiger charge is 2.36. The molecule has 0 aliphatic carbocycles. The second-order valence-corrected chi connectivity index (χ2v) is 6.68. The molecule has 3 amide bonds. The van der Waals surface area contributed by atoms with Crippen molar-refractivity contribution < 1.29 is 24.4 Å². The van der Waals surface area contributed by atoms with Crippen LogP contribution in [0.2, 0.25) is 0 Å². The lowest BCUT2D eigenvalue weighted by Gasteiger charge is -2.12. The number of imide groups is 1. The van der Waals surface area contributed by atoms with E-state index in [9.17, 15) is 29.6 Å². The first kappa shape index (κ1) is 19.1. The maximum absolute atomic E-state index is 12.4. The number of nitrogens with zero attached hydrogens (tertiary/aromatic N) is 2. The van der Waals surface area contributed by atoms with Crippen LogP contribution in [0.4, 0.5) is 16.2 Å². The first-order chi connectivity index (χ1) is 13.3. The van der Waals surface area contributed by atoms with Crippen molar-refractivity contribution in [3.63, 3.8) is 0 Å². The van der Waals surface area contributed by atoms with E-state index in [1.54, 1.807) is 30.3 Å². The average Bonchev–Trinajstić information content (AvgIpc) is 2.91. The molecule has 0 saturated carbocycles. The summed E-state index contributed by atoms with van der Waals surface area (Å²) in [6.07, 6.45) is 1.30. The highest BCUT2D eigenvalue weighted by atomic mass is 32.2. The molecule has 1 fully saturated rings. The number of thioether (sulfide) groups is 1. The van der Waals surface area contributed by atoms with Crippen LogP contribution in [0.25, 0.3) is 6.08 Å². The largest absolute Gasteiger partial charge is 0.502 e. The summed E-state index contributed by atoms with van der Waals surface area (Å²) in [6.45, 7) is -0.452. The molecular formula is C18H13N3O6S. The van der Waals surface area contributed by atoms with Crippen molar-refractivity contribution in [3.8, 4) is 5.75 Å². The van der Waals surface area contributed by atoms with Gasteiger partial charge in [-0.15, -0.1) is 0 Å². The molecule has 2 aromatic rings. The van der Waals surface area contributed by atoms with E-state index in [0.29, 0.717) is 17.4 Å². The topological polar surface area (TPSA) is 130 Å². The van der Waals surface area contributed by atoms with E-state index in [-0.39, 0.29) is 10.5 Å². The standard InChI is InChI=1S/C18H13N3O6S/c22-14-7-6-11(8-13(14)21(26)27)9-15-17(24)20(18(25)28-15)10-16(23)19-12-4-2-1-3-5-12/h1-9,22H,10H2,(H,19,23)/b15-9-. The van der Waals surface area contributed by atoms with Crippen molar-refractivity contribution in [2.45, 2.75) is 0 Å². The number of para-hydroxylation sites is 1. The molecule has 0 bridgehead atoms. The molecule has 1 heterocycles. The molecule has 3 rings (SSSR count). The Morgan fingerprint density at radius 2 is 1.93 bits per heavy atom. The van der Waals surface area contributed by atoms with Crippen molar-refractivity contribution in [1.29, 1.82) is 0 Å². The van der Waals surface area contributed by atoms with Crippen LogP contribution < -0.4 is 5.32 Å². The highest BCUT2D eigenvalue weighted by Crippen LogP contribution is 2.34. The molecule has 142 valence electrons. The van der Waals surface area contributed by atoms with Gasteiger partial charge >= 0.3 is 5.69 Å². The van der Waals surface area contributed by atoms with Gasteiger partial charge in [0.15, 0.2) is 5.75 Å². The third-order valence-electron chi connectivity index (χ3n) is 3.73. The number of phenols is 1. The Hall–Kier alpha value is -3.66. The van der Waals surface area contributed by atoms with Gasteiger partial charge in [0.2, 0.25) is 5.91 Å². The third kappa shape index (κ3) is 4.18. The number of phenolic OH excluding ortho intramolecular Hbond substituents is 1. The smallest absolute Gasteiger partial charge is 0.311 e.